The van der Waals surface area contributed by atoms with Crippen molar-refractivity contribution in [1.82, 2.24) is 9.80 Å². The van der Waals surface area contributed by atoms with E-state index in [0.717, 1.165) is 51.5 Å². The van der Waals surface area contributed by atoms with Gasteiger partial charge in [-0.05, 0) is 50.5 Å². The second-order valence-electron chi connectivity index (χ2n) is 8.34. The van der Waals surface area contributed by atoms with Gasteiger partial charge in [0.15, 0.2) is 0 Å². The number of benzene rings is 1. The summed E-state index contributed by atoms with van der Waals surface area (Å²) in [5.41, 5.74) is 1.27. The van der Waals surface area contributed by atoms with E-state index in [1.165, 1.54) is 5.56 Å². The number of hydrogen-bond donors (Lipinski definition) is 0. The van der Waals surface area contributed by atoms with Crippen molar-refractivity contribution in [3.8, 4) is 0 Å². The van der Waals surface area contributed by atoms with Gasteiger partial charge in [0.1, 0.15) is 6.10 Å². The second kappa shape index (κ2) is 10.8. The minimum absolute atomic E-state index is 0.0277. The van der Waals surface area contributed by atoms with Crippen LogP contribution in [0.2, 0.25) is 0 Å². The van der Waals surface area contributed by atoms with Crippen molar-refractivity contribution in [3.05, 3.63) is 35.9 Å². The molecule has 0 aliphatic carbocycles. The zero-order valence-corrected chi connectivity index (χ0v) is 18.0. The molecule has 2 aliphatic heterocycles. The molecule has 3 rings (SSSR count). The molecule has 0 N–H and O–H groups in total. The summed E-state index contributed by atoms with van der Waals surface area (Å²) in [5, 5.41) is 0. The molecular weight excluding hydrogens is 364 g/mol. The van der Waals surface area contributed by atoms with Crippen LogP contribution in [0.5, 0.6) is 0 Å². The summed E-state index contributed by atoms with van der Waals surface area (Å²) in [6, 6.07) is 10.7. The molecule has 1 aromatic carbocycles. The summed E-state index contributed by atoms with van der Waals surface area (Å²) in [4.78, 5) is 30.0. The molecule has 0 unspecified atom stereocenters. The van der Waals surface area contributed by atoms with E-state index in [4.69, 9.17) is 4.74 Å². The van der Waals surface area contributed by atoms with Gasteiger partial charge < -0.3 is 14.5 Å². The maximum absolute atomic E-state index is 13.4. The molecule has 29 heavy (non-hydrogen) atoms. The summed E-state index contributed by atoms with van der Waals surface area (Å²) in [6.07, 6.45) is 5.92. The number of hydrogen-bond acceptors (Lipinski definition) is 3. The predicted octanol–water partition coefficient (Wildman–Crippen LogP) is 3.66. The summed E-state index contributed by atoms with van der Waals surface area (Å²) >= 11 is 0. The highest BCUT2D eigenvalue weighted by Gasteiger charge is 2.35. The van der Waals surface area contributed by atoms with Crippen molar-refractivity contribution in [2.24, 2.45) is 5.92 Å². The van der Waals surface area contributed by atoms with E-state index in [0.29, 0.717) is 19.7 Å². The maximum atomic E-state index is 13.4. The first-order chi connectivity index (χ1) is 14.1. The third kappa shape index (κ3) is 5.59. The normalized spacial score (nSPS) is 20.2. The number of ether oxygens (including phenoxy) is 1. The van der Waals surface area contributed by atoms with Crippen LogP contribution in [0.3, 0.4) is 0 Å². The van der Waals surface area contributed by atoms with Crippen molar-refractivity contribution in [3.63, 3.8) is 0 Å². The van der Waals surface area contributed by atoms with Crippen LogP contribution in [0, 0.1) is 5.92 Å². The minimum atomic E-state index is -0.255. The van der Waals surface area contributed by atoms with Crippen LogP contribution >= 0.6 is 0 Å². The highest BCUT2D eigenvalue weighted by Crippen LogP contribution is 2.25. The second-order valence-corrected chi connectivity index (χ2v) is 8.34. The number of rotatable bonds is 8. The van der Waals surface area contributed by atoms with E-state index in [1.807, 2.05) is 11.0 Å². The first-order valence-electron chi connectivity index (χ1n) is 11.4. The van der Waals surface area contributed by atoms with E-state index in [1.54, 1.807) is 0 Å². The molecular formula is C24H36N2O3. The average Bonchev–Trinajstić information content (AvgIpc) is 3.31. The lowest BCUT2D eigenvalue weighted by Crippen LogP contribution is -2.49. The predicted molar refractivity (Wildman–Crippen MR) is 115 cm³/mol. The Labute approximate surface area is 175 Å². The molecule has 0 bridgehead atoms. The monoisotopic (exact) mass is 400 g/mol. The molecule has 0 saturated carbocycles. The van der Waals surface area contributed by atoms with Crippen molar-refractivity contribution in [2.45, 2.75) is 70.9 Å². The fourth-order valence-electron chi connectivity index (χ4n) is 4.65. The van der Waals surface area contributed by atoms with Crippen LogP contribution < -0.4 is 0 Å². The number of piperidine rings is 1. The zero-order chi connectivity index (χ0) is 20.6. The van der Waals surface area contributed by atoms with Crippen molar-refractivity contribution in [2.75, 3.05) is 26.2 Å². The highest BCUT2D eigenvalue weighted by molar-refractivity contribution is 5.82. The van der Waals surface area contributed by atoms with Gasteiger partial charge in [-0.3, -0.25) is 9.59 Å². The quantitative estimate of drug-likeness (QED) is 0.669. The zero-order valence-electron chi connectivity index (χ0n) is 18.0. The van der Waals surface area contributed by atoms with E-state index >= 15 is 0 Å². The van der Waals surface area contributed by atoms with Gasteiger partial charge in [-0.1, -0.05) is 44.2 Å². The van der Waals surface area contributed by atoms with Crippen LogP contribution in [0.1, 0.15) is 57.9 Å². The molecule has 2 aliphatic rings. The standard InChI is InChI=1S/C24H36N2O3/c1-3-21(4-2)26(17-12-19-9-6-5-7-10-19)23(27)20-13-15-25(16-14-20)24(28)22-11-8-18-29-22/h5-7,9-10,20-22H,3-4,8,11-18H2,1-2H3/t22-/m1/s1. The first kappa shape index (κ1) is 21.8. The molecule has 2 fully saturated rings. The van der Waals surface area contributed by atoms with E-state index in [2.05, 4.69) is 43.0 Å². The SMILES string of the molecule is CCC(CC)N(CCc1ccccc1)C(=O)C1CCN(C(=O)[C@H]2CCCO2)CC1. The fraction of sp³-hybridized carbons (Fsp3) is 0.667. The van der Waals surface area contributed by atoms with Crippen molar-refractivity contribution < 1.29 is 14.3 Å². The fourth-order valence-corrected chi connectivity index (χ4v) is 4.65. The first-order valence-corrected chi connectivity index (χ1v) is 11.4. The smallest absolute Gasteiger partial charge is 0.251 e. The van der Waals surface area contributed by atoms with Gasteiger partial charge in [-0.25, -0.2) is 0 Å². The summed E-state index contributed by atoms with van der Waals surface area (Å²) in [5.74, 6) is 0.424. The van der Waals surface area contributed by atoms with Gasteiger partial charge in [0.2, 0.25) is 5.91 Å². The minimum Gasteiger partial charge on any atom is -0.368 e. The van der Waals surface area contributed by atoms with E-state index in [9.17, 15) is 9.59 Å². The summed E-state index contributed by atoms with van der Waals surface area (Å²) < 4.78 is 5.55. The Hall–Kier alpha value is -1.88. The largest absolute Gasteiger partial charge is 0.368 e. The lowest BCUT2D eigenvalue weighted by atomic mass is 9.93. The molecule has 5 heteroatoms. The molecule has 5 nitrogen and oxygen atoms in total. The van der Waals surface area contributed by atoms with Gasteiger partial charge in [-0.15, -0.1) is 0 Å². The summed E-state index contributed by atoms with van der Waals surface area (Å²) in [6.45, 7) is 7.14. The third-order valence-corrected chi connectivity index (χ3v) is 6.51. The molecule has 2 saturated heterocycles. The Morgan fingerprint density at radius 1 is 1.10 bits per heavy atom. The molecule has 2 heterocycles. The molecule has 2 amide bonds. The third-order valence-electron chi connectivity index (χ3n) is 6.51. The number of carbonyl (C=O) groups is 2. The van der Waals surface area contributed by atoms with Gasteiger partial charge in [0, 0.05) is 38.2 Å². The number of likely N-dealkylation sites (tertiary alicyclic amines) is 1. The van der Waals surface area contributed by atoms with E-state index < -0.39 is 0 Å². The Morgan fingerprint density at radius 3 is 2.38 bits per heavy atom. The highest BCUT2D eigenvalue weighted by atomic mass is 16.5. The lowest BCUT2D eigenvalue weighted by Gasteiger charge is -2.38. The Balaban J connectivity index is 1.58. The molecule has 1 atom stereocenters. The maximum Gasteiger partial charge on any atom is 0.251 e. The van der Waals surface area contributed by atoms with Gasteiger partial charge in [0.25, 0.3) is 5.91 Å². The van der Waals surface area contributed by atoms with E-state index in [-0.39, 0.29) is 29.9 Å². The van der Waals surface area contributed by atoms with Gasteiger partial charge >= 0.3 is 0 Å². The number of amides is 2. The topological polar surface area (TPSA) is 49.9 Å². The number of carbonyl (C=O) groups excluding carboxylic acids is 2. The molecule has 0 aromatic heterocycles. The molecule has 0 spiro atoms. The molecule has 0 radical (unpaired) electrons. The van der Waals surface area contributed by atoms with Gasteiger partial charge in [0.05, 0.1) is 0 Å². The van der Waals surface area contributed by atoms with Gasteiger partial charge in [-0.2, -0.15) is 0 Å². The Morgan fingerprint density at radius 2 is 1.79 bits per heavy atom. The molecule has 160 valence electrons. The summed E-state index contributed by atoms with van der Waals surface area (Å²) in [7, 11) is 0. The van der Waals surface area contributed by atoms with Crippen LogP contribution in [0.15, 0.2) is 30.3 Å². The number of nitrogens with zero attached hydrogens (tertiary/aromatic N) is 2. The van der Waals surface area contributed by atoms with Crippen LogP contribution in [0.4, 0.5) is 0 Å². The van der Waals surface area contributed by atoms with Crippen LogP contribution in [-0.4, -0.2) is 60.0 Å². The average molecular weight is 401 g/mol. The lowest BCUT2D eigenvalue weighted by molar-refractivity contribution is -0.146. The van der Waals surface area contributed by atoms with Crippen LogP contribution in [0.25, 0.3) is 0 Å². The molecule has 1 aromatic rings. The Bertz CT molecular complexity index is 645. The van der Waals surface area contributed by atoms with Crippen LogP contribution in [-0.2, 0) is 20.7 Å². The van der Waals surface area contributed by atoms with Crippen molar-refractivity contribution >= 4 is 11.8 Å². The Kier molecular flexibility index (Phi) is 8.10. The van der Waals surface area contributed by atoms with Crippen molar-refractivity contribution in [1.29, 1.82) is 0 Å².